The van der Waals surface area contributed by atoms with Crippen LogP contribution in [0.25, 0.3) is 0 Å². The van der Waals surface area contributed by atoms with Crippen LogP contribution in [0.2, 0.25) is 0 Å². The molecule has 0 aliphatic heterocycles. The predicted octanol–water partition coefficient (Wildman–Crippen LogP) is 1.38. The van der Waals surface area contributed by atoms with Crippen molar-refractivity contribution in [3.05, 3.63) is 22.7 Å². The molecule has 0 spiro atoms. The first-order valence-electron chi connectivity index (χ1n) is 6.81. The molecule has 1 heterocycles. The molecule has 5 heteroatoms. The van der Waals surface area contributed by atoms with Crippen LogP contribution < -0.4 is 15.6 Å². The number of hydrogen-bond acceptors (Lipinski definition) is 4. The highest BCUT2D eigenvalue weighted by Crippen LogP contribution is 2.29. The van der Waals surface area contributed by atoms with Crippen molar-refractivity contribution >= 4 is 0 Å². The van der Waals surface area contributed by atoms with Gasteiger partial charge in [-0.1, -0.05) is 0 Å². The third kappa shape index (κ3) is 3.15. The zero-order valence-electron chi connectivity index (χ0n) is 12.1. The maximum absolute atomic E-state index is 12.3. The Labute approximate surface area is 114 Å². The molecular weight excluding hydrogens is 242 g/mol. The summed E-state index contributed by atoms with van der Waals surface area (Å²) in [7, 11) is 1.95. The Hall–Kier alpha value is -1.36. The van der Waals surface area contributed by atoms with E-state index < -0.39 is 0 Å². The Morgan fingerprint density at radius 3 is 2.74 bits per heavy atom. The van der Waals surface area contributed by atoms with Crippen LogP contribution >= 0.6 is 0 Å². The Kier molecular flexibility index (Phi) is 3.94. The van der Waals surface area contributed by atoms with Crippen molar-refractivity contribution in [2.45, 2.75) is 45.3 Å². The molecule has 5 nitrogen and oxygen atoms in total. The van der Waals surface area contributed by atoms with E-state index in [0.717, 1.165) is 19.4 Å². The third-order valence-corrected chi connectivity index (χ3v) is 3.50. The third-order valence-electron chi connectivity index (χ3n) is 3.50. The molecule has 106 valence electrons. The quantitative estimate of drug-likeness (QED) is 0.893. The van der Waals surface area contributed by atoms with Gasteiger partial charge in [0.15, 0.2) is 0 Å². The van der Waals surface area contributed by atoms with Gasteiger partial charge in [0.05, 0.1) is 0 Å². The molecule has 0 atom stereocenters. The summed E-state index contributed by atoms with van der Waals surface area (Å²) < 4.78 is 7.39. The maximum Gasteiger partial charge on any atom is 0.313 e. The summed E-state index contributed by atoms with van der Waals surface area (Å²) in [5.74, 6) is 0.883. The average molecular weight is 265 g/mol. The number of nitrogens with one attached hydrogen (secondary N) is 1. The minimum Gasteiger partial charge on any atom is -0.470 e. The Morgan fingerprint density at radius 2 is 2.16 bits per heavy atom. The SMILES string of the molecule is CNCC1CC(Oc2nccn(C(C)(C)C)c2=O)C1. The van der Waals surface area contributed by atoms with E-state index in [1.54, 1.807) is 17.0 Å². The lowest BCUT2D eigenvalue weighted by Crippen LogP contribution is -2.41. The molecule has 0 radical (unpaired) electrons. The smallest absolute Gasteiger partial charge is 0.313 e. The molecule has 1 aromatic rings. The molecule has 0 bridgehead atoms. The van der Waals surface area contributed by atoms with Crippen molar-refractivity contribution in [1.29, 1.82) is 0 Å². The fourth-order valence-electron chi connectivity index (χ4n) is 2.39. The highest BCUT2D eigenvalue weighted by atomic mass is 16.5. The highest BCUT2D eigenvalue weighted by Gasteiger charge is 2.31. The number of aromatic nitrogens is 2. The van der Waals surface area contributed by atoms with Crippen molar-refractivity contribution in [1.82, 2.24) is 14.9 Å². The first kappa shape index (κ1) is 14.1. The van der Waals surface area contributed by atoms with Crippen LogP contribution in [0.3, 0.4) is 0 Å². The summed E-state index contributed by atoms with van der Waals surface area (Å²) in [5.41, 5.74) is -0.404. The van der Waals surface area contributed by atoms with Gasteiger partial charge in [0.1, 0.15) is 6.10 Å². The van der Waals surface area contributed by atoms with Crippen molar-refractivity contribution in [3.8, 4) is 5.88 Å². The second kappa shape index (κ2) is 5.33. The zero-order chi connectivity index (χ0) is 14.0. The first-order valence-corrected chi connectivity index (χ1v) is 6.81. The minimum atomic E-state index is -0.258. The lowest BCUT2D eigenvalue weighted by atomic mass is 9.82. The van der Waals surface area contributed by atoms with E-state index in [2.05, 4.69) is 10.3 Å². The molecule has 0 unspecified atom stereocenters. The van der Waals surface area contributed by atoms with E-state index in [-0.39, 0.29) is 23.1 Å². The van der Waals surface area contributed by atoms with Gasteiger partial charge in [0.2, 0.25) is 0 Å². The predicted molar refractivity (Wildman–Crippen MR) is 74.6 cm³/mol. The molecule has 2 rings (SSSR count). The zero-order valence-corrected chi connectivity index (χ0v) is 12.1. The Morgan fingerprint density at radius 1 is 1.47 bits per heavy atom. The molecule has 19 heavy (non-hydrogen) atoms. The van der Waals surface area contributed by atoms with Crippen LogP contribution in [0.5, 0.6) is 5.88 Å². The van der Waals surface area contributed by atoms with E-state index in [0.29, 0.717) is 5.92 Å². The fraction of sp³-hybridized carbons (Fsp3) is 0.714. The number of rotatable bonds is 4. The average Bonchev–Trinajstić information content (AvgIpc) is 2.27. The molecular formula is C14H23N3O2. The van der Waals surface area contributed by atoms with Gasteiger partial charge in [-0.15, -0.1) is 0 Å². The van der Waals surface area contributed by atoms with Crippen LogP contribution in [0, 0.1) is 5.92 Å². The van der Waals surface area contributed by atoms with Gasteiger partial charge in [-0.3, -0.25) is 4.79 Å². The van der Waals surface area contributed by atoms with E-state index in [1.165, 1.54) is 0 Å². The first-order chi connectivity index (χ1) is 8.91. The fourth-order valence-corrected chi connectivity index (χ4v) is 2.39. The monoisotopic (exact) mass is 265 g/mol. The molecule has 0 aromatic carbocycles. The second-order valence-electron chi connectivity index (χ2n) is 6.21. The normalized spacial score (nSPS) is 22.9. The van der Waals surface area contributed by atoms with Gasteiger partial charge >= 0.3 is 5.56 Å². The standard InChI is InChI=1S/C14H23N3O2/c1-14(2,3)17-6-5-16-12(13(17)18)19-11-7-10(8-11)9-15-4/h5-6,10-11,15H,7-9H2,1-4H3. The number of ether oxygens (including phenoxy) is 1. The molecule has 1 aliphatic carbocycles. The molecule has 0 saturated heterocycles. The second-order valence-corrected chi connectivity index (χ2v) is 6.21. The molecule has 1 aromatic heterocycles. The van der Waals surface area contributed by atoms with E-state index >= 15 is 0 Å². The topological polar surface area (TPSA) is 56.1 Å². The summed E-state index contributed by atoms with van der Waals surface area (Å²) in [5, 5.41) is 3.16. The van der Waals surface area contributed by atoms with Crippen molar-refractivity contribution in [2.75, 3.05) is 13.6 Å². The van der Waals surface area contributed by atoms with E-state index in [1.807, 2.05) is 27.8 Å². The summed E-state index contributed by atoms with van der Waals surface area (Å²) in [6.07, 6.45) is 5.46. The van der Waals surface area contributed by atoms with Gasteiger partial charge in [-0.05, 0) is 53.1 Å². The van der Waals surface area contributed by atoms with Crippen LogP contribution in [0.1, 0.15) is 33.6 Å². The molecule has 1 N–H and O–H groups in total. The van der Waals surface area contributed by atoms with Crippen LogP contribution in [-0.4, -0.2) is 29.2 Å². The summed E-state index contributed by atoms with van der Waals surface area (Å²) >= 11 is 0. The van der Waals surface area contributed by atoms with Gasteiger partial charge in [-0.25, -0.2) is 4.98 Å². The van der Waals surface area contributed by atoms with Gasteiger partial charge < -0.3 is 14.6 Å². The number of nitrogens with zero attached hydrogens (tertiary/aromatic N) is 2. The molecule has 1 saturated carbocycles. The largest absolute Gasteiger partial charge is 0.470 e. The van der Waals surface area contributed by atoms with Crippen LogP contribution in [-0.2, 0) is 5.54 Å². The lowest BCUT2D eigenvalue weighted by molar-refractivity contribution is 0.0591. The lowest BCUT2D eigenvalue weighted by Gasteiger charge is -2.34. The Balaban J connectivity index is 2.05. The van der Waals surface area contributed by atoms with Gasteiger partial charge in [0, 0.05) is 17.9 Å². The van der Waals surface area contributed by atoms with Crippen LogP contribution in [0.15, 0.2) is 17.2 Å². The minimum absolute atomic E-state index is 0.134. The summed E-state index contributed by atoms with van der Waals surface area (Å²) in [4.78, 5) is 16.3. The summed E-state index contributed by atoms with van der Waals surface area (Å²) in [6, 6.07) is 0. The van der Waals surface area contributed by atoms with Crippen molar-refractivity contribution in [2.24, 2.45) is 5.92 Å². The molecule has 1 aliphatic rings. The van der Waals surface area contributed by atoms with E-state index in [4.69, 9.17) is 4.74 Å². The highest BCUT2D eigenvalue weighted by molar-refractivity contribution is 5.07. The van der Waals surface area contributed by atoms with E-state index in [9.17, 15) is 4.79 Å². The van der Waals surface area contributed by atoms with Crippen molar-refractivity contribution < 1.29 is 4.74 Å². The van der Waals surface area contributed by atoms with Crippen LogP contribution in [0.4, 0.5) is 0 Å². The van der Waals surface area contributed by atoms with Gasteiger partial charge in [0.25, 0.3) is 5.88 Å². The molecule has 0 amide bonds. The number of hydrogen-bond donors (Lipinski definition) is 1. The van der Waals surface area contributed by atoms with Gasteiger partial charge in [-0.2, -0.15) is 0 Å². The maximum atomic E-state index is 12.3. The Bertz CT molecular complexity index is 484. The summed E-state index contributed by atoms with van der Waals surface area (Å²) in [6.45, 7) is 6.98. The molecule has 1 fully saturated rings. The van der Waals surface area contributed by atoms with Crippen molar-refractivity contribution in [3.63, 3.8) is 0 Å².